The van der Waals surface area contributed by atoms with Crippen molar-refractivity contribution in [3.63, 3.8) is 0 Å². The third-order valence-corrected chi connectivity index (χ3v) is 1.30. The molecule has 1 N–H and O–H groups in total. The summed E-state index contributed by atoms with van der Waals surface area (Å²) in [6.45, 7) is 3.42. The van der Waals surface area contributed by atoms with Gasteiger partial charge in [0.1, 0.15) is 0 Å². The maximum absolute atomic E-state index is 9.29. The van der Waals surface area contributed by atoms with Crippen molar-refractivity contribution in [3.05, 3.63) is 24.3 Å². The summed E-state index contributed by atoms with van der Waals surface area (Å²) in [5, 5.41) is 8.50. The molecule has 3 heteroatoms. The number of hydrogen-bond donors (Lipinski definition) is 1. The lowest BCUT2D eigenvalue weighted by atomic mass is 10.3. The molecule has 0 aliphatic heterocycles. The maximum Gasteiger partial charge on any atom is 0.177 e. The van der Waals surface area contributed by atoms with Gasteiger partial charge in [0.15, 0.2) is 16.6 Å². The summed E-state index contributed by atoms with van der Waals surface area (Å²) < 4.78 is 5.25. The molecule has 1 aromatic rings. The smallest absolute Gasteiger partial charge is 0.177 e. The Morgan fingerprint density at radius 1 is 1.33 bits per heavy atom. The van der Waals surface area contributed by atoms with Crippen molar-refractivity contribution < 1.29 is 9.84 Å². The van der Waals surface area contributed by atoms with Crippen LogP contribution in [0.3, 0.4) is 0 Å². The largest absolute Gasteiger partial charge is 0.504 e. The number of para-hydroxylation sites is 2. The molecule has 0 fully saturated rings. The van der Waals surface area contributed by atoms with E-state index in [9.17, 15) is 5.11 Å². The average Bonchev–Trinajstić information content (AvgIpc) is 1.91. The van der Waals surface area contributed by atoms with Gasteiger partial charge in [0, 0.05) is 0 Å². The molecule has 12 heavy (non-hydrogen) atoms. The Labute approximate surface area is 76.7 Å². The Hall–Kier alpha value is -0.890. The zero-order valence-electron chi connectivity index (χ0n) is 7.04. The van der Waals surface area contributed by atoms with Gasteiger partial charge >= 0.3 is 0 Å². The monoisotopic (exact) mass is 186 g/mol. The van der Waals surface area contributed by atoms with Crippen LogP contribution in [0.25, 0.3) is 0 Å². The number of hydrogen-bond acceptors (Lipinski definition) is 2. The van der Waals surface area contributed by atoms with Gasteiger partial charge in [-0.25, -0.2) is 0 Å². The van der Waals surface area contributed by atoms with Crippen molar-refractivity contribution in [1.29, 1.82) is 0 Å². The molecule has 0 unspecified atom stereocenters. The molecule has 0 heterocycles. The van der Waals surface area contributed by atoms with Gasteiger partial charge in [-0.05, 0) is 26.0 Å². The van der Waals surface area contributed by atoms with Crippen LogP contribution in [0.15, 0.2) is 24.3 Å². The Kier molecular flexibility index (Phi) is 2.48. The first-order valence-electron chi connectivity index (χ1n) is 3.65. The van der Waals surface area contributed by atoms with Crippen molar-refractivity contribution >= 4 is 11.6 Å². The van der Waals surface area contributed by atoms with Gasteiger partial charge in [-0.1, -0.05) is 23.7 Å². The zero-order chi connectivity index (χ0) is 9.19. The zero-order valence-corrected chi connectivity index (χ0v) is 7.80. The normalized spacial score (nSPS) is 11.2. The molecule has 1 rings (SSSR count). The summed E-state index contributed by atoms with van der Waals surface area (Å²) in [6, 6.07) is 6.72. The first-order chi connectivity index (χ1) is 5.49. The average molecular weight is 187 g/mol. The van der Waals surface area contributed by atoms with Gasteiger partial charge in [0.2, 0.25) is 0 Å². The third kappa shape index (κ3) is 2.62. The topological polar surface area (TPSA) is 29.5 Å². The lowest BCUT2D eigenvalue weighted by molar-refractivity contribution is 0.191. The minimum Gasteiger partial charge on any atom is -0.504 e. The van der Waals surface area contributed by atoms with Gasteiger partial charge in [0.05, 0.1) is 0 Å². The Bertz CT molecular complexity index is 265. The molecule has 0 saturated carbocycles. The van der Waals surface area contributed by atoms with Crippen LogP contribution >= 0.6 is 11.6 Å². The molecule has 66 valence electrons. The number of benzene rings is 1. The molecular weight excluding hydrogens is 176 g/mol. The maximum atomic E-state index is 9.29. The van der Waals surface area contributed by atoms with Gasteiger partial charge in [-0.3, -0.25) is 0 Å². The number of phenols is 1. The summed E-state index contributed by atoms with van der Waals surface area (Å²) in [5.74, 6) is 0.503. The first-order valence-corrected chi connectivity index (χ1v) is 4.03. The Morgan fingerprint density at radius 3 is 2.42 bits per heavy atom. The number of ether oxygens (including phenoxy) is 1. The van der Waals surface area contributed by atoms with Crippen LogP contribution < -0.4 is 4.74 Å². The molecule has 0 amide bonds. The van der Waals surface area contributed by atoms with E-state index in [0.717, 1.165) is 0 Å². The van der Waals surface area contributed by atoms with Crippen molar-refractivity contribution in [3.8, 4) is 11.5 Å². The Morgan fingerprint density at radius 2 is 1.92 bits per heavy atom. The number of rotatable bonds is 2. The van der Waals surface area contributed by atoms with E-state index in [-0.39, 0.29) is 5.75 Å². The second-order valence-corrected chi connectivity index (χ2v) is 3.84. The fourth-order valence-electron chi connectivity index (χ4n) is 0.805. The predicted molar refractivity (Wildman–Crippen MR) is 48.7 cm³/mol. The van der Waals surface area contributed by atoms with Crippen LogP contribution in [-0.2, 0) is 0 Å². The minimum atomic E-state index is -0.793. The Balaban J connectivity index is 2.83. The summed E-state index contributed by atoms with van der Waals surface area (Å²) in [7, 11) is 0. The first kappa shape index (κ1) is 9.20. The fraction of sp³-hybridized carbons (Fsp3) is 0.333. The summed E-state index contributed by atoms with van der Waals surface area (Å²) in [6.07, 6.45) is 0. The van der Waals surface area contributed by atoms with E-state index in [0.29, 0.717) is 5.75 Å². The lowest BCUT2D eigenvalue weighted by Gasteiger charge is -2.18. The van der Waals surface area contributed by atoms with E-state index >= 15 is 0 Å². The molecule has 0 aliphatic carbocycles. The minimum absolute atomic E-state index is 0.103. The highest BCUT2D eigenvalue weighted by atomic mass is 35.5. The molecule has 0 saturated heterocycles. The highest BCUT2D eigenvalue weighted by Gasteiger charge is 2.16. The van der Waals surface area contributed by atoms with Crippen LogP contribution in [0.4, 0.5) is 0 Å². The third-order valence-electron chi connectivity index (χ3n) is 1.22. The van der Waals surface area contributed by atoms with Crippen molar-refractivity contribution in [1.82, 2.24) is 0 Å². The van der Waals surface area contributed by atoms with Gasteiger partial charge in [-0.15, -0.1) is 0 Å². The van der Waals surface area contributed by atoms with E-state index in [4.69, 9.17) is 16.3 Å². The molecule has 2 nitrogen and oxygen atoms in total. The second-order valence-electron chi connectivity index (χ2n) is 2.93. The number of phenolic OH excluding ortho intramolecular Hbond substituents is 1. The van der Waals surface area contributed by atoms with Crippen LogP contribution in [0.1, 0.15) is 13.8 Å². The van der Waals surface area contributed by atoms with Crippen LogP contribution in [0, 0.1) is 0 Å². The summed E-state index contributed by atoms with van der Waals surface area (Å²) >= 11 is 5.81. The number of alkyl halides is 1. The van der Waals surface area contributed by atoms with Gasteiger partial charge in [-0.2, -0.15) is 0 Å². The SMILES string of the molecule is CC(C)(Cl)Oc1ccccc1O. The standard InChI is InChI=1S/C9H11ClO2/c1-9(2,10)12-8-6-4-3-5-7(8)11/h3-6,11H,1-2H3. The van der Waals surface area contributed by atoms with E-state index in [1.807, 2.05) is 0 Å². The van der Waals surface area contributed by atoms with Crippen molar-refractivity contribution in [2.75, 3.05) is 0 Å². The second kappa shape index (κ2) is 3.23. The predicted octanol–water partition coefficient (Wildman–Crippen LogP) is 2.75. The molecule has 0 radical (unpaired) electrons. The quantitative estimate of drug-likeness (QED) is 0.720. The molecular formula is C9H11ClO2. The van der Waals surface area contributed by atoms with E-state index in [1.54, 1.807) is 38.1 Å². The van der Waals surface area contributed by atoms with Crippen molar-refractivity contribution in [2.45, 2.75) is 18.9 Å². The van der Waals surface area contributed by atoms with Crippen LogP contribution in [0.2, 0.25) is 0 Å². The molecule has 0 aromatic heterocycles. The van der Waals surface area contributed by atoms with Crippen molar-refractivity contribution in [2.24, 2.45) is 0 Å². The number of aromatic hydroxyl groups is 1. The molecule has 0 spiro atoms. The molecule has 0 atom stereocenters. The van der Waals surface area contributed by atoms with Gasteiger partial charge < -0.3 is 9.84 Å². The van der Waals surface area contributed by atoms with E-state index in [2.05, 4.69) is 0 Å². The van der Waals surface area contributed by atoms with Gasteiger partial charge in [0.25, 0.3) is 0 Å². The van der Waals surface area contributed by atoms with Crippen LogP contribution in [-0.4, -0.2) is 10.2 Å². The number of halogens is 1. The highest BCUT2D eigenvalue weighted by molar-refractivity contribution is 6.22. The summed E-state index contributed by atoms with van der Waals surface area (Å²) in [4.78, 5) is 0. The highest BCUT2D eigenvalue weighted by Crippen LogP contribution is 2.29. The molecule has 0 bridgehead atoms. The van der Waals surface area contributed by atoms with E-state index in [1.165, 1.54) is 0 Å². The van der Waals surface area contributed by atoms with E-state index < -0.39 is 5.06 Å². The van der Waals surface area contributed by atoms with Crippen LogP contribution in [0.5, 0.6) is 11.5 Å². The molecule has 0 aliphatic rings. The fourth-order valence-corrected chi connectivity index (χ4v) is 0.888. The summed E-state index contributed by atoms with van der Waals surface area (Å²) in [5.41, 5.74) is 0. The lowest BCUT2D eigenvalue weighted by Crippen LogP contribution is -2.19. The molecule has 1 aromatic carbocycles.